The average Bonchev–Trinajstić information content (AvgIpc) is 2.51. The fourth-order valence-corrected chi connectivity index (χ4v) is 2.32. The van der Waals surface area contributed by atoms with Crippen molar-refractivity contribution in [3.8, 4) is 0 Å². The van der Waals surface area contributed by atoms with Crippen molar-refractivity contribution in [3.63, 3.8) is 0 Å². The van der Waals surface area contributed by atoms with Crippen molar-refractivity contribution in [2.45, 2.75) is 6.92 Å². The molecule has 104 valence electrons. The second-order valence-corrected chi connectivity index (χ2v) is 5.04. The number of benzene rings is 2. The molecule has 0 unspecified atom stereocenters. The zero-order valence-corrected chi connectivity index (χ0v) is 12.1. The molecule has 0 aliphatic carbocycles. The van der Waals surface area contributed by atoms with Gasteiger partial charge in [0.25, 0.3) is 5.56 Å². The van der Waals surface area contributed by atoms with Gasteiger partial charge in [-0.05, 0) is 36.3 Å². The third-order valence-electron chi connectivity index (χ3n) is 3.62. The van der Waals surface area contributed by atoms with Crippen molar-refractivity contribution in [2.75, 3.05) is 0 Å². The molecule has 0 radical (unpaired) electrons. The summed E-state index contributed by atoms with van der Waals surface area (Å²) in [5, 5.41) is 0.646. The van der Waals surface area contributed by atoms with E-state index in [1.807, 2.05) is 48.6 Å². The SMILES string of the molecule is Cc1ccccc1/C=C/c1nc2ccccc2c(=O)n1C. The minimum Gasteiger partial charge on any atom is -0.296 e. The standard InChI is InChI=1S/C18H16N2O/c1-13-7-3-4-8-14(13)11-12-17-19-16-10-6-5-9-15(16)18(21)20(17)2/h3-12H,1-2H3/b12-11+. The van der Waals surface area contributed by atoms with Gasteiger partial charge in [0.05, 0.1) is 10.9 Å². The maximum atomic E-state index is 12.3. The third-order valence-corrected chi connectivity index (χ3v) is 3.62. The molecule has 0 fully saturated rings. The predicted octanol–water partition coefficient (Wildman–Crippen LogP) is 3.41. The van der Waals surface area contributed by atoms with E-state index in [4.69, 9.17) is 0 Å². The van der Waals surface area contributed by atoms with Crippen molar-refractivity contribution in [2.24, 2.45) is 7.05 Å². The molecule has 0 atom stereocenters. The van der Waals surface area contributed by atoms with Gasteiger partial charge in [-0.25, -0.2) is 4.98 Å². The van der Waals surface area contributed by atoms with Crippen molar-refractivity contribution >= 4 is 23.1 Å². The monoisotopic (exact) mass is 276 g/mol. The Bertz CT molecular complexity index is 891. The number of hydrogen-bond donors (Lipinski definition) is 0. The zero-order valence-electron chi connectivity index (χ0n) is 12.1. The summed E-state index contributed by atoms with van der Waals surface area (Å²) in [6.45, 7) is 2.06. The van der Waals surface area contributed by atoms with E-state index in [0.29, 0.717) is 11.2 Å². The Labute approximate surface area is 123 Å². The quantitative estimate of drug-likeness (QED) is 0.719. The number of para-hydroxylation sites is 1. The van der Waals surface area contributed by atoms with Crippen LogP contribution < -0.4 is 5.56 Å². The first kappa shape index (κ1) is 13.3. The van der Waals surface area contributed by atoms with Crippen LogP contribution in [0.3, 0.4) is 0 Å². The summed E-state index contributed by atoms with van der Waals surface area (Å²) in [6, 6.07) is 15.5. The summed E-state index contributed by atoms with van der Waals surface area (Å²) in [5.41, 5.74) is 3.02. The van der Waals surface area contributed by atoms with Gasteiger partial charge in [-0.2, -0.15) is 0 Å². The molecule has 0 aliphatic rings. The van der Waals surface area contributed by atoms with Crippen molar-refractivity contribution in [1.82, 2.24) is 9.55 Å². The van der Waals surface area contributed by atoms with Gasteiger partial charge in [0.2, 0.25) is 0 Å². The summed E-state index contributed by atoms with van der Waals surface area (Å²) in [7, 11) is 1.75. The van der Waals surface area contributed by atoms with Crippen molar-refractivity contribution < 1.29 is 0 Å². The van der Waals surface area contributed by atoms with Gasteiger partial charge in [-0.3, -0.25) is 9.36 Å². The number of aromatic nitrogens is 2. The highest BCUT2D eigenvalue weighted by Gasteiger charge is 2.05. The number of fused-ring (bicyclic) bond motifs is 1. The number of aryl methyl sites for hydroxylation is 1. The van der Waals surface area contributed by atoms with Gasteiger partial charge in [0, 0.05) is 7.05 Å². The minimum atomic E-state index is -0.0231. The molecule has 0 bridgehead atoms. The largest absolute Gasteiger partial charge is 0.296 e. The topological polar surface area (TPSA) is 34.9 Å². The van der Waals surface area contributed by atoms with E-state index in [9.17, 15) is 4.79 Å². The number of rotatable bonds is 2. The van der Waals surface area contributed by atoms with Crippen LogP contribution in [0.5, 0.6) is 0 Å². The third kappa shape index (κ3) is 2.50. The van der Waals surface area contributed by atoms with Gasteiger partial charge < -0.3 is 0 Å². The lowest BCUT2D eigenvalue weighted by atomic mass is 10.1. The summed E-state index contributed by atoms with van der Waals surface area (Å²) in [6.07, 6.45) is 3.88. The maximum absolute atomic E-state index is 12.3. The number of nitrogens with zero attached hydrogens (tertiary/aromatic N) is 2. The van der Waals surface area contributed by atoms with Crippen molar-refractivity contribution in [1.29, 1.82) is 0 Å². The second kappa shape index (κ2) is 5.37. The summed E-state index contributed by atoms with van der Waals surface area (Å²) in [4.78, 5) is 16.9. The van der Waals surface area contributed by atoms with Gasteiger partial charge in [0.1, 0.15) is 5.82 Å². The number of hydrogen-bond acceptors (Lipinski definition) is 2. The molecule has 0 saturated carbocycles. The van der Waals surface area contributed by atoms with Gasteiger partial charge in [-0.15, -0.1) is 0 Å². The van der Waals surface area contributed by atoms with E-state index in [2.05, 4.69) is 18.0 Å². The van der Waals surface area contributed by atoms with E-state index in [0.717, 1.165) is 11.1 Å². The van der Waals surface area contributed by atoms with Gasteiger partial charge in [-0.1, -0.05) is 42.5 Å². The molecule has 3 aromatic rings. The van der Waals surface area contributed by atoms with Crippen LogP contribution in [0.1, 0.15) is 17.0 Å². The molecular formula is C18H16N2O. The molecule has 0 amide bonds. The molecule has 21 heavy (non-hydrogen) atoms. The lowest BCUT2D eigenvalue weighted by molar-refractivity contribution is 0.828. The Morgan fingerprint density at radius 3 is 2.52 bits per heavy atom. The normalized spacial score (nSPS) is 11.3. The van der Waals surface area contributed by atoms with Crippen LogP contribution in [-0.4, -0.2) is 9.55 Å². The molecular weight excluding hydrogens is 260 g/mol. The highest BCUT2D eigenvalue weighted by atomic mass is 16.1. The van der Waals surface area contributed by atoms with Crippen LogP contribution in [0.4, 0.5) is 0 Å². The highest BCUT2D eigenvalue weighted by Crippen LogP contribution is 2.12. The summed E-state index contributed by atoms with van der Waals surface area (Å²) in [5.74, 6) is 0.655. The van der Waals surface area contributed by atoms with Crippen LogP contribution in [0.2, 0.25) is 0 Å². The van der Waals surface area contributed by atoms with E-state index < -0.39 is 0 Å². The molecule has 0 N–H and O–H groups in total. The fraction of sp³-hybridized carbons (Fsp3) is 0.111. The molecule has 1 heterocycles. The Morgan fingerprint density at radius 2 is 1.71 bits per heavy atom. The molecule has 3 rings (SSSR count). The molecule has 1 aromatic heterocycles. The van der Waals surface area contributed by atoms with Crippen LogP contribution in [0.25, 0.3) is 23.1 Å². The first-order valence-electron chi connectivity index (χ1n) is 6.86. The fourth-order valence-electron chi connectivity index (χ4n) is 2.32. The Hall–Kier alpha value is -2.68. The molecule has 3 nitrogen and oxygen atoms in total. The Balaban J connectivity index is 2.11. The van der Waals surface area contributed by atoms with Crippen LogP contribution >= 0.6 is 0 Å². The molecule has 2 aromatic carbocycles. The van der Waals surface area contributed by atoms with Crippen LogP contribution in [-0.2, 0) is 7.05 Å². The van der Waals surface area contributed by atoms with Crippen molar-refractivity contribution in [3.05, 3.63) is 75.8 Å². The smallest absolute Gasteiger partial charge is 0.261 e. The molecule has 3 heteroatoms. The second-order valence-electron chi connectivity index (χ2n) is 5.04. The highest BCUT2D eigenvalue weighted by molar-refractivity contribution is 5.79. The lowest BCUT2D eigenvalue weighted by Gasteiger charge is -2.06. The Kier molecular flexibility index (Phi) is 3.40. The van der Waals surface area contributed by atoms with E-state index >= 15 is 0 Å². The first-order valence-corrected chi connectivity index (χ1v) is 6.86. The summed E-state index contributed by atoms with van der Waals surface area (Å²) >= 11 is 0. The molecule has 0 spiro atoms. The lowest BCUT2D eigenvalue weighted by Crippen LogP contribution is -2.20. The molecule has 0 aliphatic heterocycles. The van der Waals surface area contributed by atoms with Crippen LogP contribution in [0, 0.1) is 6.92 Å². The average molecular weight is 276 g/mol. The van der Waals surface area contributed by atoms with E-state index in [-0.39, 0.29) is 5.56 Å². The Morgan fingerprint density at radius 1 is 1.00 bits per heavy atom. The van der Waals surface area contributed by atoms with Crippen LogP contribution in [0.15, 0.2) is 53.3 Å². The van der Waals surface area contributed by atoms with Gasteiger partial charge in [0.15, 0.2) is 0 Å². The first-order chi connectivity index (χ1) is 10.2. The van der Waals surface area contributed by atoms with E-state index in [1.165, 1.54) is 5.56 Å². The minimum absolute atomic E-state index is 0.0231. The summed E-state index contributed by atoms with van der Waals surface area (Å²) < 4.78 is 1.58. The van der Waals surface area contributed by atoms with Gasteiger partial charge >= 0.3 is 0 Å². The van der Waals surface area contributed by atoms with E-state index in [1.54, 1.807) is 17.7 Å². The zero-order chi connectivity index (χ0) is 14.8. The molecule has 0 saturated heterocycles. The maximum Gasteiger partial charge on any atom is 0.261 e. The predicted molar refractivity (Wildman–Crippen MR) is 87.1 cm³/mol.